The van der Waals surface area contributed by atoms with Crippen molar-refractivity contribution in [2.24, 2.45) is 7.05 Å². The lowest BCUT2D eigenvalue weighted by molar-refractivity contribution is 0.492. The van der Waals surface area contributed by atoms with Crippen LogP contribution >= 0.6 is 0 Å². The monoisotopic (exact) mass is 303 g/mol. The van der Waals surface area contributed by atoms with Gasteiger partial charge in [0.05, 0.1) is 5.69 Å². The molecule has 1 heterocycles. The van der Waals surface area contributed by atoms with E-state index in [1.54, 1.807) is 4.68 Å². The third-order valence-corrected chi connectivity index (χ3v) is 8.77. The second kappa shape index (κ2) is 5.29. The molecule has 0 unspecified atom stereocenters. The van der Waals surface area contributed by atoms with Crippen molar-refractivity contribution >= 4 is 8.32 Å². The molecule has 21 heavy (non-hydrogen) atoms. The predicted octanol–water partition coefficient (Wildman–Crippen LogP) is 4.17. The zero-order valence-corrected chi connectivity index (χ0v) is 15.1. The second-order valence-electron chi connectivity index (χ2n) is 7.03. The molecule has 0 saturated heterocycles. The van der Waals surface area contributed by atoms with Gasteiger partial charge in [0, 0.05) is 12.6 Å². The van der Waals surface area contributed by atoms with Crippen molar-refractivity contribution in [2.45, 2.75) is 45.8 Å². The first-order valence-corrected chi connectivity index (χ1v) is 10.2. The second-order valence-corrected chi connectivity index (χ2v) is 11.8. The van der Waals surface area contributed by atoms with Gasteiger partial charge >= 0.3 is 0 Å². The number of benzene rings is 1. The number of hydrogen-bond acceptors (Lipinski definition) is 3. The molecule has 0 fully saturated rings. The van der Waals surface area contributed by atoms with Crippen molar-refractivity contribution in [1.82, 2.24) is 15.0 Å². The zero-order valence-electron chi connectivity index (χ0n) is 14.1. The molecule has 2 aromatic rings. The summed E-state index contributed by atoms with van der Waals surface area (Å²) >= 11 is 0. The van der Waals surface area contributed by atoms with Crippen LogP contribution in [0.4, 0.5) is 0 Å². The van der Waals surface area contributed by atoms with E-state index in [1.807, 2.05) is 26.1 Å². The lowest BCUT2D eigenvalue weighted by atomic mass is 10.1. The Hall–Kier alpha value is -1.62. The molecule has 1 aromatic heterocycles. The minimum Gasteiger partial charge on any atom is -0.544 e. The lowest BCUT2D eigenvalue weighted by Gasteiger charge is -2.36. The molecule has 0 atom stereocenters. The highest BCUT2D eigenvalue weighted by molar-refractivity contribution is 6.74. The van der Waals surface area contributed by atoms with Gasteiger partial charge in [-0.25, -0.2) is 0 Å². The van der Waals surface area contributed by atoms with Gasteiger partial charge in [0.2, 0.25) is 8.32 Å². The third kappa shape index (κ3) is 3.18. The summed E-state index contributed by atoms with van der Waals surface area (Å²) in [6.45, 7) is 13.3. The van der Waals surface area contributed by atoms with Crippen LogP contribution in [0.5, 0.6) is 5.75 Å². The van der Waals surface area contributed by atoms with E-state index in [4.69, 9.17) is 4.43 Å². The normalized spacial score (nSPS) is 12.5. The fourth-order valence-corrected chi connectivity index (χ4v) is 2.83. The van der Waals surface area contributed by atoms with Crippen molar-refractivity contribution in [2.75, 3.05) is 0 Å². The van der Waals surface area contributed by atoms with E-state index >= 15 is 0 Å². The Morgan fingerprint density at radius 1 is 1.10 bits per heavy atom. The highest BCUT2D eigenvalue weighted by Gasteiger charge is 2.38. The van der Waals surface area contributed by atoms with Crippen molar-refractivity contribution < 1.29 is 4.43 Å². The third-order valence-electron chi connectivity index (χ3n) is 4.41. The molecule has 0 bridgehead atoms. The molecular formula is C16H25N3OSi. The van der Waals surface area contributed by atoms with Crippen LogP contribution in [-0.4, -0.2) is 23.3 Å². The maximum atomic E-state index is 6.29. The largest absolute Gasteiger partial charge is 0.544 e. The Balaban J connectivity index is 2.22. The highest BCUT2D eigenvalue weighted by Crippen LogP contribution is 2.37. The first kappa shape index (κ1) is 15.8. The van der Waals surface area contributed by atoms with Crippen LogP contribution in [0.1, 0.15) is 26.5 Å². The topological polar surface area (TPSA) is 39.9 Å². The molecule has 0 aliphatic rings. The summed E-state index contributed by atoms with van der Waals surface area (Å²) in [6.07, 6.45) is 0. The molecule has 114 valence electrons. The van der Waals surface area contributed by atoms with Crippen LogP contribution in [0.15, 0.2) is 24.3 Å². The van der Waals surface area contributed by atoms with Gasteiger partial charge in [0.1, 0.15) is 11.4 Å². The van der Waals surface area contributed by atoms with Gasteiger partial charge in [-0.05, 0) is 49.3 Å². The van der Waals surface area contributed by atoms with Crippen molar-refractivity contribution in [3.05, 3.63) is 30.0 Å². The predicted molar refractivity (Wildman–Crippen MR) is 89.0 cm³/mol. The fourth-order valence-electron chi connectivity index (χ4n) is 1.80. The van der Waals surface area contributed by atoms with Crippen molar-refractivity contribution in [1.29, 1.82) is 0 Å². The number of aryl methyl sites for hydroxylation is 1. The molecule has 0 radical (unpaired) electrons. The smallest absolute Gasteiger partial charge is 0.250 e. The summed E-state index contributed by atoms with van der Waals surface area (Å²) in [5.41, 5.74) is 3.06. The van der Waals surface area contributed by atoms with Gasteiger partial charge in [-0.3, -0.25) is 4.68 Å². The van der Waals surface area contributed by atoms with Gasteiger partial charge < -0.3 is 4.43 Å². The molecule has 5 heteroatoms. The maximum Gasteiger partial charge on any atom is 0.250 e. The zero-order chi connectivity index (χ0) is 15.8. The van der Waals surface area contributed by atoms with E-state index in [-0.39, 0.29) is 5.04 Å². The number of nitrogens with zero attached hydrogens (tertiary/aromatic N) is 3. The van der Waals surface area contributed by atoms with Crippen LogP contribution in [0.2, 0.25) is 18.1 Å². The average molecular weight is 303 g/mol. The fraction of sp³-hybridized carbons (Fsp3) is 0.500. The van der Waals surface area contributed by atoms with E-state index in [1.165, 1.54) is 0 Å². The molecule has 0 amide bonds. The minimum absolute atomic E-state index is 0.202. The van der Waals surface area contributed by atoms with E-state index in [0.717, 1.165) is 22.7 Å². The Morgan fingerprint density at radius 3 is 2.10 bits per heavy atom. The van der Waals surface area contributed by atoms with Crippen molar-refractivity contribution in [3.63, 3.8) is 0 Å². The summed E-state index contributed by atoms with van der Waals surface area (Å²) in [6, 6.07) is 8.17. The molecular weight excluding hydrogens is 278 g/mol. The SMILES string of the molecule is Cc1c(-c2ccc(O[Si](C)(C)C(C)(C)C)cc2)nnn1C. The van der Waals surface area contributed by atoms with Gasteiger partial charge in [0.25, 0.3) is 0 Å². The van der Waals surface area contributed by atoms with Crippen LogP contribution < -0.4 is 4.43 Å². The molecule has 2 rings (SSSR count). The summed E-state index contributed by atoms with van der Waals surface area (Å²) in [7, 11) is 0.122. The molecule has 0 aliphatic carbocycles. The quantitative estimate of drug-likeness (QED) is 0.799. The summed E-state index contributed by atoms with van der Waals surface area (Å²) < 4.78 is 8.08. The van der Waals surface area contributed by atoms with E-state index < -0.39 is 8.32 Å². The minimum atomic E-state index is -1.78. The Bertz CT molecular complexity index is 624. The van der Waals surface area contributed by atoms with Gasteiger partial charge in [0.15, 0.2) is 0 Å². The standard InChI is InChI=1S/C16H25N3OSi/c1-12-15(17-18-19(12)5)13-8-10-14(11-9-13)20-21(6,7)16(2,3)4/h8-11H,1-7H3. The number of rotatable bonds is 3. The molecule has 0 aliphatic heterocycles. The van der Waals surface area contributed by atoms with Crippen molar-refractivity contribution in [3.8, 4) is 17.0 Å². The summed E-state index contributed by atoms with van der Waals surface area (Å²) in [5, 5.41) is 8.46. The highest BCUT2D eigenvalue weighted by atomic mass is 28.4. The molecule has 1 aromatic carbocycles. The Labute approximate surface area is 128 Å². The van der Waals surface area contributed by atoms with E-state index in [9.17, 15) is 0 Å². The molecule has 4 nitrogen and oxygen atoms in total. The van der Waals surface area contributed by atoms with Gasteiger partial charge in [-0.15, -0.1) is 5.10 Å². The van der Waals surface area contributed by atoms with E-state index in [0.29, 0.717) is 0 Å². The van der Waals surface area contributed by atoms with E-state index in [2.05, 4.69) is 56.3 Å². The van der Waals surface area contributed by atoms with Gasteiger partial charge in [-0.2, -0.15) is 0 Å². The first-order valence-electron chi connectivity index (χ1n) is 7.27. The van der Waals surface area contributed by atoms with Crippen LogP contribution in [-0.2, 0) is 7.05 Å². The summed E-state index contributed by atoms with van der Waals surface area (Å²) in [5.74, 6) is 0.937. The molecule has 0 N–H and O–H groups in total. The van der Waals surface area contributed by atoms with Crippen LogP contribution in [0.25, 0.3) is 11.3 Å². The Kier molecular flexibility index (Phi) is 3.97. The Morgan fingerprint density at radius 2 is 1.67 bits per heavy atom. The van der Waals surface area contributed by atoms with Crippen LogP contribution in [0.3, 0.4) is 0 Å². The molecule has 0 saturated carbocycles. The maximum absolute atomic E-state index is 6.29. The lowest BCUT2D eigenvalue weighted by Crippen LogP contribution is -2.43. The number of aromatic nitrogens is 3. The van der Waals surface area contributed by atoms with Crippen LogP contribution in [0, 0.1) is 6.92 Å². The summed E-state index contributed by atoms with van der Waals surface area (Å²) in [4.78, 5) is 0. The van der Waals surface area contributed by atoms with Gasteiger partial charge in [-0.1, -0.05) is 26.0 Å². The average Bonchev–Trinajstić information content (AvgIpc) is 2.69. The molecule has 0 spiro atoms. The number of hydrogen-bond donors (Lipinski definition) is 0. The first-order chi connectivity index (χ1) is 9.62.